The number of β-amino-alcohol motifs (C(OH)–C–C–N with tert-alkyl or cyclic N) is 2. The third-order valence-electron chi connectivity index (χ3n) is 2.71. The van der Waals surface area contributed by atoms with Crippen molar-refractivity contribution >= 4 is 5.91 Å². The molecule has 1 fully saturated rings. The molecular weight excluding hydrogens is 184 g/mol. The molecule has 3 N–H and O–H groups in total. The van der Waals surface area contributed by atoms with Crippen molar-refractivity contribution in [3.63, 3.8) is 0 Å². The first kappa shape index (κ1) is 11.4. The van der Waals surface area contributed by atoms with Gasteiger partial charge in [-0.05, 0) is 20.9 Å². The highest BCUT2D eigenvalue weighted by Crippen LogP contribution is 2.15. The minimum Gasteiger partial charge on any atom is -0.388 e. The smallest absolute Gasteiger partial charge is 0.242 e. The lowest BCUT2D eigenvalue weighted by Crippen LogP contribution is -2.52. The number of aliphatic hydroxyl groups is 2. The number of hydrogen-bond acceptors (Lipinski definition) is 4. The number of carbonyl (C=O) groups excluding carboxylic acids is 1. The van der Waals surface area contributed by atoms with Gasteiger partial charge in [-0.1, -0.05) is 0 Å². The van der Waals surface area contributed by atoms with Crippen LogP contribution in [0.2, 0.25) is 0 Å². The molecule has 0 aromatic rings. The van der Waals surface area contributed by atoms with Gasteiger partial charge in [-0.2, -0.15) is 0 Å². The maximum absolute atomic E-state index is 11.8. The Balaban J connectivity index is 2.64. The van der Waals surface area contributed by atoms with Crippen molar-refractivity contribution in [1.29, 1.82) is 0 Å². The van der Waals surface area contributed by atoms with Gasteiger partial charge in [0.2, 0.25) is 5.91 Å². The van der Waals surface area contributed by atoms with Crippen LogP contribution in [0.3, 0.4) is 0 Å². The first-order valence-electron chi connectivity index (χ1n) is 4.73. The SMILES string of the molecule is CNC(C)(C)C(=O)N1C[C@@H](O)[C@@H](O)C1. The third kappa shape index (κ3) is 2.05. The second kappa shape index (κ2) is 3.84. The summed E-state index contributed by atoms with van der Waals surface area (Å²) in [6, 6.07) is 0. The first-order valence-corrected chi connectivity index (χ1v) is 4.73. The Kier molecular flexibility index (Phi) is 3.14. The molecule has 1 amide bonds. The Bertz CT molecular complexity index is 220. The van der Waals surface area contributed by atoms with Crippen LogP contribution in [0.1, 0.15) is 13.8 Å². The molecule has 0 bridgehead atoms. The molecule has 82 valence electrons. The number of likely N-dealkylation sites (tertiary alicyclic amines) is 1. The van der Waals surface area contributed by atoms with E-state index in [2.05, 4.69) is 5.32 Å². The van der Waals surface area contributed by atoms with Crippen LogP contribution < -0.4 is 5.32 Å². The monoisotopic (exact) mass is 202 g/mol. The fraction of sp³-hybridized carbons (Fsp3) is 0.889. The molecule has 1 heterocycles. The second-order valence-corrected chi connectivity index (χ2v) is 4.22. The summed E-state index contributed by atoms with van der Waals surface area (Å²) in [6.45, 7) is 3.97. The highest BCUT2D eigenvalue weighted by atomic mass is 16.3. The van der Waals surface area contributed by atoms with Crippen molar-refractivity contribution in [1.82, 2.24) is 10.2 Å². The van der Waals surface area contributed by atoms with Crippen molar-refractivity contribution in [2.24, 2.45) is 0 Å². The van der Waals surface area contributed by atoms with E-state index in [1.165, 1.54) is 4.90 Å². The average Bonchev–Trinajstić information content (AvgIpc) is 2.45. The van der Waals surface area contributed by atoms with Gasteiger partial charge in [0.15, 0.2) is 0 Å². The summed E-state index contributed by atoms with van der Waals surface area (Å²) in [5.74, 6) is -0.101. The summed E-state index contributed by atoms with van der Waals surface area (Å²) in [4.78, 5) is 13.3. The van der Waals surface area contributed by atoms with Crippen LogP contribution in [0.4, 0.5) is 0 Å². The number of rotatable bonds is 2. The molecule has 5 heteroatoms. The van der Waals surface area contributed by atoms with Crippen LogP contribution in [-0.4, -0.2) is 58.9 Å². The van der Waals surface area contributed by atoms with Crippen LogP contribution >= 0.6 is 0 Å². The zero-order valence-electron chi connectivity index (χ0n) is 8.82. The number of amides is 1. The van der Waals surface area contributed by atoms with Crippen LogP contribution in [0.5, 0.6) is 0 Å². The van der Waals surface area contributed by atoms with E-state index < -0.39 is 17.7 Å². The predicted octanol–water partition coefficient (Wildman–Crippen LogP) is -1.45. The largest absolute Gasteiger partial charge is 0.388 e. The fourth-order valence-electron chi connectivity index (χ4n) is 1.44. The van der Waals surface area contributed by atoms with E-state index in [1.54, 1.807) is 20.9 Å². The van der Waals surface area contributed by atoms with Crippen LogP contribution in [-0.2, 0) is 4.79 Å². The molecule has 0 radical (unpaired) electrons. The molecule has 0 spiro atoms. The van der Waals surface area contributed by atoms with Crippen molar-refractivity contribution in [3.05, 3.63) is 0 Å². The predicted molar refractivity (Wildman–Crippen MR) is 51.7 cm³/mol. The Morgan fingerprint density at radius 1 is 1.36 bits per heavy atom. The topological polar surface area (TPSA) is 72.8 Å². The van der Waals surface area contributed by atoms with Gasteiger partial charge in [0.05, 0.1) is 17.7 Å². The molecule has 2 atom stereocenters. The van der Waals surface area contributed by atoms with Crippen molar-refractivity contribution < 1.29 is 15.0 Å². The van der Waals surface area contributed by atoms with Crippen LogP contribution in [0.25, 0.3) is 0 Å². The molecule has 0 saturated carbocycles. The van der Waals surface area contributed by atoms with E-state index in [1.807, 2.05) is 0 Å². The van der Waals surface area contributed by atoms with Gasteiger partial charge < -0.3 is 20.4 Å². The van der Waals surface area contributed by atoms with E-state index in [0.717, 1.165) is 0 Å². The normalized spacial score (nSPS) is 28.2. The van der Waals surface area contributed by atoms with E-state index in [9.17, 15) is 15.0 Å². The average molecular weight is 202 g/mol. The maximum atomic E-state index is 11.8. The third-order valence-corrected chi connectivity index (χ3v) is 2.71. The summed E-state index contributed by atoms with van der Waals surface area (Å²) in [6.07, 6.45) is -1.63. The Morgan fingerprint density at radius 3 is 2.14 bits per heavy atom. The lowest BCUT2D eigenvalue weighted by molar-refractivity contribution is -0.136. The van der Waals surface area contributed by atoms with Crippen molar-refractivity contribution in [3.8, 4) is 0 Å². The van der Waals surface area contributed by atoms with E-state index >= 15 is 0 Å². The van der Waals surface area contributed by atoms with E-state index in [0.29, 0.717) is 0 Å². The van der Waals surface area contributed by atoms with Crippen molar-refractivity contribution in [2.75, 3.05) is 20.1 Å². The summed E-state index contributed by atoms with van der Waals surface area (Å²) in [7, 11) is 1.71. The standard InChI is InChI=1S/C9H18N2O3/c1-9(2,10-3)8(14)11-4-6(12)7(13)5-11/h6-7,10,12-13H,4-5H2,1-3H3/t6-,7+. The minimum absolute atomic E-state index is 0.101. The summed E-state index contributed by atoms with van der Waals surface area (Å²) >= 11 is 0. The van der Waals surface area contributed by atoms with Gasteiger partial charge >= 0.3 is 0 Å². The molecular formula is C9H18N2O3. The number of nitrogens with zero attached hydrogens (tertiary/aromatic N) is 1. The maximum Gasteiger partial charge on any atom is 0.242 e. The molecule has 0 aromatic heterocycles. The number of nitrogens with one attached hydrogen (secondary N) is 1. The summed E-state index contributed by atoms with van der Waals surface area (Å²) in [5.41, 5.74) is -0.649. The lowest BCUT2D eigenvalue weighted by Gasteiger charge is -2.28. The number of likely N-dealkylation sites (N-methyl/N-ethyl adjacent to an activating group) is 1. The zero-order valence-corrected chi connectivity index (χ0v) is 8.82. The Labute approximate surface area is 83.7 Å². The molecule has 0 aliphatic carbocycles. The highest BCUT2D eigenvalue weighted by molar-refractivity contribution is 5.85. The zero-order chi connectivity index (χ0) is 10.9. The van der Waals surface area contributed by atoms with E-state index in [-0.39, 0.29) is 19.0 Å². The lowest BCUT2D eigenvalue weighted by atomic mass is 10.0. The summed E-state index contributed by atoms with van der Waals surface area (Å²) < 4.78 is 0. The van der Waals surface area contributed by atoms with Gasteiger partial charge in [-0.15, -0.1) is 0 Å². The van der Waals surface area contributed by atoms with Crippen molar-refractivity contribution in [2.45, 2.75) is 31.6 Å². The Morgan fingerprint density at radius 2 is 1.79 bits per heavy atom. The molecule has 1 aliphatic rings. The quantitative estimate of drug-likeness (QED) is 0.512. The summed E-state index contributed by atoms with van der Waals surface area (Å²) in [5, 5.41) is 21.5. The molecule has 0 unspecified atom stereocenters. The van der Waals surface area contributed by atoms with Gasteiger partial charge in [0.1, 0.15) is 0 Å². The van der Waals surface area contributed by atoms with Gasteiger partial charge in [-0.3, -0.25) is 4.79 Å². The van der Waals surface area contributed by atoms with Gasteiger partial charge in [0.25, 0.3) is 0 Å². The van der Waals surface area contributed by atoms with Crippen LogP contribution in [0.15, 0.2) is 0 Å². The number of carbonyl (C=O) groups is 1. The molecule has 1 aliphatic heterocycles. The second-order valence-electron chi connectivity index (χ2n) is 4.22. The first-order chi connectivity index (χ1) is 6.38. The Hall–Kier alpha value is -0.650. The number of hydrogen-bond donors (Lipinski definition) is 3. The van der Waals surface area contributed by atoms with E-state index in [4.69, 9.17) is 0 Å². The van der Waals surface area contributed by atoms with Gasteiger partial charge in [-0.25, -0.2) is 0 Å². The van der Waals surface area contributed by atoms with Crippen LogP contribution in [0, 0.1) is 0 Å². The minimum atomic E-state index is -0.813. The molecule has 1 rings (SSSR count). The highest BCUT2D eigenvalue weighted by Gasteiger charge is 2.38. The molecule has 14 heavy (non-hydrogen) atoms. The van der Waals surface area contributed by atoms with Gasteiger partial charge in [0, 0.05) is 13.1 Å². The molecule has 1 saturated heterocycles. The fourth-order valence-corrected chi connectivity index (χ4v) is 1.44. The number of aliphatic hydroxyl groups excluding tert-OH is 2. The molecule has 5 nitrogen and oxygen atoms in total. The molecule has 0 aromatic carbocycles.